The summed E-state index contributed by atoms with van der Waals surface area (Å²) in [5.74, 6) is 0.504. The first kappa shape index (κ1) is 11.5. The van der Waals surface area contributed by atoms with E-state index in [1.165, 1.54) is 4.88 Å². The van der Waals surface area contributed by atoms with E-state index in [0.717, 1.165) is 17.4 Å². The van der Waals surface area contributed by atoms with Crippen LogP contribution in [0.5, 0.6) is 0 Å². The first-order valence-corrected chi connectivity index (χ1v) is 5.76. The Labute approximate surface area is 89.7 Å². The van der Waals surface area contributed by atoms with Gasteiger partial charge in [0.1, 0.15) is 0 Å². The van der Waals surface area contributed by atoms with Gasteiger partial charge in [0.15, 0.2) is 5.13 Å². The summed E-state index contributed by atoms with van der Waals surface area (Å²) in [6, 6.07) is 0.194. The van der Waals surface area contributed by atoms with Gasteiger partial charge >= 0.3 is 0 Å². The SMILES string of the molecule is Cc1nc(NCC(N)C(C)C)sc1C. The van der Waals surface area contributed by atoms with Crippen molar-refractivity contribution >= 4 is 16.5 Å². The smallest absolute Gasteiger partial charge is 0.183 e. The maximum atomic E-state index is 5.92. The van der Waals surface area contributed by atoms with Gasteiger partial charge in [-0.3, -0.25) is 0 Å². The molecule has 0 aliphatic heterocycles. The van der Waals surface area contributed by atoms with Crippen LogP contribution < -0.4 is 11.1 Å². The average molecular weight is 213 g/mol. The molecule has 0 spiro atoms. The van der Waals surface area contributed by atoms with Crippen molar-refractivity contribution in [3.63, 3.8) is 0 Å². The van der Waals surface area contributed by atoms with E-state index in [2.05, 4.69) is 31.1 Å². The predicted molar refractivity (Wildman–Crippen MR) is 62.9 cm³/mol. The van der Waals surface area contributed by atoms with Gasteiger partial charge in [0.2, 0.25) is 0 Å². The topological polar surface area (TPSA) is 50.9 Å². The van der Waals surface area contributed by atoms with Gasteiger partial charge in [-0.1, -0.05) is 13.8 Å². The number of nitrogens with two attached hydrogens (primary N) is 1. The van der Waals surface area contributed by atoms with Crippen LogP contribution in [0.2, 0.25) is 0 Å². The Morgan fingerprint density at radius 1 is 1.43 bits per heavy atom. The molecule has 4 heteroatoms. The summed E-state index contributed by atoms with van der Waals surface area (Å²) in [5, 5.41) is 4.25. The second kappa shape index (κ2) is 4.75. The predicted octanol–water partition coefficient (Wildman–Crippen LogP) is 2.16. The minimum atomic E-state index is 0.194. The molecule has 1 atom stereocenters. The molecule has 0 saturated heterocycles. The summed E-state index contributed by atoms with van der Waals surface area (Å²) in [6.07, 6.45) is 0. The number of nitrogens with zero attached hydrogens (tertiary/aromatic N) is 1. The average Bonchev–Trinajstić information content (AvgIpc) is 2.42. The van der Waals surface area contributed by atoms with Crippen LogP contribution in [-0.4, -0.2) is 17.6 Å². The number of aromatic nitrogens is 1. The van der Waals surface area contributed by atoms with Crippen LogP contribution in [0.1, 0.15) is 24.4 Å². The highest BCUT2D eigenvalue weighted by molar-refractivity contribution is 7.15. The Bertz CT molecular complexity index is 274. The summed E-state index contributed by atoms with van der Waals surface area (Å²) in [6.45, 7) is 9.17. The third kappa shape index (κ3) is 2.96. The van der Waals surface area contributed by atoms with E-state index in [1.54, 1.807) is 11.3 Å². The van der Waals surface area contributed by atoms with Crippen LogP contribution in [0.15, 0.2) is 0 Å². The van der Waals surface area contributed by atoms with Crippen molar-refractivity contribution < 1.29 is 0 Å². The molecule has 0 amide bonds. The highest BCUT2D eigenvalue weighted by Crippen LogP contribution is 2.20. The van der Waals surface area contributed by atoms with Crippen molar-refractivity contribution in [2.45, 2.75) is 33.7 Å². The molecule has 1 aromatic rings. The minimum Gasteiger partial charge on any atom is -0.360 e. The van der Waals surface area contributed by atoms with Crippen LogP contribution in [-0.2, 0) is 0 Å². The highest BCUT2D eigenvalue weighted by Gasteiger charge is 2.08. The monoisotopic (exact) mass is 213 g/mol. The Balaban J connectivity index is 2.46. The van der Waals surface area contributed by atoms with Gasteiger partial charge in [0.05, 0.1) is 5.69 Å². The lowest BCUT2D eigenvalue weighted by atomic mass is 10.1. The molecule has 1 unspecified atom stereocenters. The number of hydrogen-bond donors (Lipinski definition) is 2. The molecule has 0 saturated carbocycles. The second-order valence-electron chi connectivity index (χ2n) is 3.95. The van der Waals surface area contributed by atoms with Gasteiger partial charge in [-0.2, -0.15) is 0 Å². The second-order valence-corrected chi connectivity index (χ2v) is 5.15. The van der Waals surface area contributed by atoms with Gasteiger partial charge < -0.3 is 11.1 Å². The number of thiazole rings is 1. The standard InChI is InChI=1S/C10H19N3S/c1-6(2)9(11)5-12-10-13-7(3)8(4)14-10/h6,9H,5,11H2,1-4H3,(H,12,13). The normalized spacial score (nSPS) is 13.3. The van der Waals surface area contributed by atoms with Crippen molar-refractivity contribution in [2.24, 2.45) is 11.7 Å². The van der Waals surface area contributed by atoms with Crippen molar-refractivity contribution in [3.05, 3.63) is 10.6 Å². The Morgan fingerprint density at radius 2 is 2.07 bits per heavy atom. The molecule has 14 heavy (non-hydrogen) atoms. The molecule has 1 rings (SSSR count). The molecule has 0 fully saturated rings. The maximum Gasteiger partial charge on any atom is 0.183 e. The highest BCUT2D eigenvalue weighted by atomic mass is 32.1. The van der Waals surface area contributed by atoms with Gasteiger partial charge in [0.25, 0.3) is 0 Å². The fourth-order valence-electron chi connectivity index (χ4n) is 0.989. The minimum absolute atomic E-state index is 0.194. The zero-order chi connectivity index (χ0) is 10.7. The van der Waals surface area contributed by atoms with Crippen LogP contribution in [0, 0.1) is 19.8 Å². The van der Waals surface area contributed by atoms with E-state index >= 15 is 0 Å². The van der Waals surface area contributed by atoms with Crippen molar-refractivity contribution in [3.8, 4) is 0 Å². The first-order valence-electron chi connectivity index (χ1n) is 4.94. The van der Waals surface area contributed by atoms with E-state index in [9.17, 15) is 0 Å². The zero-order valence-corrected chi connectivity index (χ0v) is 10.1. The zero-order valence-electron chi connectivity index (χ0n) is 9.29. The summed E-state index contributed by atoms with van der Waals surface area (Å²) >= 11 is 1.69. The largest absolute Gasteiger partial charge is 0.360 e. The fourth-order valence-corrected chi connectivity index (χ4v) is 1.81. The summed E-state index contributed by atoms with van der Waals surface area (Å²) in [7, 11) is 0. The molecular weight excluding hydrogens is 194 g/mol. The lowest BCUT2D eigenvalue weighted by molar-refractivity contribution is 0.511. The number of nitrogens with one attached hydrogen (secondary N) is 1. The molecule has 0 aliphatic rings. The molecule has 0 aromatic carbocycles. The quantitative estimate of drug-likeness (QED) is 0.806. The lowest BCUT2D eigenvalue weighted by Gasteiger charge is -2.15. The maximum absolute atomic E-state index is 5.92. The Morgan fingerprint density at radius 3 is 2.50 bits per heavy atom. The molecular formula is C10H19N3S. The number of aryl methyl sites for hydroxylation is 2. The third-order valence-corrected chi connectivity index (χ3v) is 3.40. The van der Waals surface area contributed by atoms with Crippen LogP contribution >= 0.6 is 11.3 Å². The summed E-state index contributed by atoms with van der Waals surface area (Å²) < 4.78 is 0. The van der Waals surface area contributed by atoms with E-state index < -0.39 is 0 Å². The molecule has 80 valence electrons. The molecule has 0 aliphatic carbocycles. The van der Waals surface area contributed by atoms with Crippen LogP contribution in [0.4, 0.5) is 5.13 Å². The Hall–Kier alpha value is -0.610. The van der Waals surface area contributed by atoms with E-state index in [1.807, 2.05) is 6.92 Å². The molecule has 1 heterocycles. The van der Waals surface area contributed by atoms with Gasteiger partial charge in [-0.25, -0.2) is 4.98 Å². The third-order valence-electron chi connectivity index (χ3n) is 2.37. The molecule has 0 radical (unpaired) electrons. The van der Waals surface area contributed by atoms with Crippen molar-refractivity contribution in [1.29, 1.82) is 0 Å². The summed E-state index contributed by atoms with van der Waals surface area (Å²) in [4.78, 5) is 5.66. The Kier molecular flexibility index (Phi) is 3.89. The van der Waals surface area contributed by atoms with Crippen LogP contribution in [0.3, 0.4) is 0 Å². The van der Waals surface area contributed by atoms with E-state index in [4.69, 9.17) is 5.73 Å². The molecule has 3 N–H and O–H groups in total. The first-order chi connectivity index (χ1) is 6.50. The number of rotatable bonds is 4. The van der Waals surface area contributed by atoms with Crippen LogP contribution in [0.25, 0.3) is 0 Å². The van der Waals surface area contributed by atoms with E-state index in [-0.39, 0.29) is 6.04 Å². The fraction of sp³-hybridized carbons (Fsp3) is 0.700. The van der Waals surface area contributed by atoms with Crippen molar-refractivity contribution in [2.75, 3.05) is 11.9 Å². The van der Waals surface area contributed by atoms with Crippen molar-refractivity contribution in [1.82, 2.24) is 4.98 Å². The lowest BCUT2D eigenvalue weighted by Crippen LogP contribution is -2.33. The molecule has 1 aromatic heterocycles. The molecule has 3 nitrogen and oxygen atoms in total. The van der Waals surface area contributed by atoms with Gasteiger partial charge in [-0.15, -0.1) is 11.3 Å². The summed E-state index contributed by atoms with van der Waals surface area (Å²) in [5.41, 5.74) is 7.03. The number of anilines is 1. The van der Waals surface area contributed by atoms with Gasteiger partial charge in [0, 0.05) is 17.5 Å². The molecule has 0 bridgehead atoms. The van der Waals surface area contributed by atoms with E-state index in [0.29, 0.717) is 5.92 Å². The number of hydrogen-bond acceptors (Lipinski definition) is 4. The van der Waals surface area contributed by atoms with Gasteiger partial charge in [-0.05, 0) is 19.8 Å².